The highest BCUT2D eigenvalue weighted by Crippen LogP contribution is 2.60. The Kier molecular flexibility index (Phi) is 8.14. The highest BCUT2D eigenvalue weighted by Gasteiger charge is 2.25. The van der Waals surface area contributed by atoms with E-state index in [4.69, 9.17) is 9.05 Å². The molecule has 90 valence electrons. The molecular weight excluding hydrogens is 237 g/mol. The number of hydrogen-bond acceptors (Lipinski definition) is 5. The van der Waals surface area contributed by atoms with E-state index in [1.165, 1.54) is 0 Å². The van der Waals surface area contributed by atoms with Crippen LogP contribution in [-0.4, -0.2) is 31.4 Å². The van der Waals surface area contributed by atoms with Crippen molar-refractivity contribution >= 4 is 24.1 Å². The van der Waals surface area contributed by atoms with Crippen molar-refractivity contribution in [2.75, 3.05) is 25.5 Å². The zero-order chi connectivity index (χ0) is 11.7. The molecule has 0 saturated carbocycles. The summed E-state index contributed by atoms with van der Waals surface area (Å²) in [5, 5.41) is 2.61. The Bertz CT molecular complexity index is 227. The van der Waals surface area contributed by atoms with Crippen LogP contribution in [0.1, 0.15) is 20.8 Å². The third-order valence-electron chi connectivity index (χ3n) is 1.30. The molecule has 0 spiro atoms. The third-order valence-corrected chi connectivity index (χ3v) is 5.13. The fourth-order valence-corrected chi connectivity index (χ4v) is 3.95. The minimum atomic E-state index is -3.14. The lowest BCUT2D eigenvalue weighted by Gasteiger charge is -2.15. The molecule has 0 fully saturated rings. The maximum Gasteiger partial charge on any atom is 0.389 e. The van der Waals surface area contributed by atoms with Crippen LogP contribution in [0.25, 0.3) is 0 Å². The quantitative estimate of drug-likeness (QED) is 0.672. The summed E-state index contributed by atoms with van der Waals surface area (Å²) in [5.74, 6) is -0.0763. The van der Waals surface area contributed by atoms with E-state index < -0.39 is 6.80 Å². The molecular formula is C8H18NO4PS. The molecule has 0 aromatic heterocycles. The molecule has 15 heavy (non-hydrogen) atoms. The lowest BCUT2D eigenvalue weighted by atomic mass is 10.6. The van der Waals surface area contributed by atoms with E-state index >= 15 is 0 Å². The zero-order valence-corrected chi connectivity index (χ0v) is 11.0. The van der Waals surface area contributed by atoms with Crippen LogP contribution in [0.2, 0.25) is 0 Å². The second-order valence-electron chi connectivity index (χ2n) is 2.51. The Hall–Kier alpha value is -0.0300. The van der Waals surface area contributed by atoms with Gasteiger partial charge < -0.3 is 14.4 Å². The third kappa shape index (κ3) is 6.95. The normalized spacial score (nSPS) is 11.4. The minimum absolute atomic E-state index is 0.0884. The van der Waals surface area contributed by atoms with Gasteiger partial charge in [0.1, 0.15) is 0 Å². The van der Waals surface area contributed by atoms with Gasteiger partial charge >= 0.3 is 6.80 Å². The van der Waals surface area contributed by atoms with Crippen molar-refractivity contribution in [2.45, 2.75) is 20.8 Å². The van der Waals surface area contributed by atoms with Gasteiger partial charge in [-0.3, -0.25) is 4.79 Å². The first kappa shape index (κ1) is 15.0. The van der Waals surface area contributed by atoms with Crippen molar-refractivity contribution in [3.63, 3.8) is 0 Å². The minimum Gasteiger partial charge on any atom is -0.356 e. The van der Waals surface area contributed by atoms with E-state index in [2.05, 4.69) is 5.32 Å². The first-order chi connectivity index (χ1) is 7.08. The molecule has 1 N–H and O–H groups in total. The largest absolute Gasteiger partial charge is 0.389 e. The van der Waals surface area contributed by atoms with E-state index in [9.17, 15) is 9.36 Å². The molecule has 0 rings (SSSR count). The number of carbonyl (C=O) groups excluding carboxylic acids is 1. The Labute approximate surface area is 94.6 Å². The van der Waals surface area contributed by atoms with Gasteiger partial charge in [0, 0.05) is 6.54 Å². The highest BCUT2D eigenvalue weighted by atomic mass is 32.7. The Morgan fingerprint density at radius 3 is 2.20 bits per heavy atom. The predicted molar refractivity (Wildman–Crippen MR) is 62.0 cm³/mol. The van der Waals surface area contributed by atoms with E-state index in [1.54, 1.807) is 13.8 Å². The highest BCUT2D eigenvalue weighted by molar-refractivity contribution is 8.55. The van der Waals surface area contributed by atoms with Gasteiger partial charge in [0.2, 0.25) is 5.91 Å². The Balaban J connectivity index is 4.06. The summed E-state index contributed by atoms with van der Waals surface area (Å²) < 4.78 is 21.9. The fourth-order valence-electron chi connectivity index (χ4n) is 0.814. The SMILES string of the molecule is CCNC(=O)CSP(=O)(OCC)OCC. The fraction of sp³-hybridized carbons (Fsp3) is 0.875. The number of carbonyl (C=O) groups is 1. The summed E-state index contributed by atoms with van der Waals surface area (Å²) in [6.45, 7) is 3.33. The lowest BCUT2D eigenvalue weighted by molar-refractivity contribution is -0.118. The van der Waals surface area contributed by atoms with E-state index in [0.29, 0.717) is 19.8 Å². The van der Waals surface area contributed by atoms with Gasteiger partial charge in [0.15, 0.2) is 0 Å². The van der Waals surface area contributed by atoms with Crippen LogP contribution in [-0.2, 0) is 18.4 Å². The molecule has 0 aliphatic heterocycles. The summed E-state index contributed by atoms with van der Waals surface area (Å²) in [6, 6.07) is 0. The van der Waals surface area contributed by atoms with Crippen LogP contribution < -0.4 is 5.32 Å². The molecule has 0 bridgehead atoms. The van der Waals surface area contributed by atoms with Crippen molar-refractivity contribution in [3.8, 4) is 0 Å². The maximum atomic E-state index is 11.9. The standard InChI is InChI=1S/C8H18NO4PS/c1-4-9-8(10)7-15-14(11,12-5-2)13-6-3/h4-7H2,1-3H3,(H,9,10). The molecule has 1 amide bonds. The Morgan fingerprint density at radius 1 is 1.27 bits per heavy atom. The van der Waals surface area contributed by atoms with Gasteiger partial charge in [-0.1, -0.05) is 0 Å². The molecule has 0 aromatic carbocycles. The summed E-state index contributed by atoms with van der Waals surface area (Å²) >= 11 is 0.920. The molecule has 0 saturated heterocycles. The number of nitrogens with one attached hydrogen (secondary N) is 1. The van der Waals surface area contributed by atoms with E-state index in [-0.39, 0.29) is 11.7 Å². The topological polar surface area (TPSA) is 64.6 Å². The smallest absolute Gasteiger partial charge is 0.356 e. The monoisotopic (exact) mass is 255 g/mol. The second-order valence-corrected chi connectivity index (χ2v) is 6.58. The lowest BCUT2D eigenvalue weighted by Crippen LogP contribution is -2.24. The molecule has 5 nitrogen and oxygen atoms in total. The average Bonchev–Trinajstić information content (AvgIpc) is 2.16. The maximum absolute atomic E-state index is 11.9. The molecule has 0 aliphatic carbocycles. The van der Waals surface area contributed by atoms with Crippen molar-refractivity contribution in [2.24, 2.45) is 0 Å². The van der Waals surface area contributed by atoms with Crippen LogP contribution in [0, 0.1) is 0 Å². The molecule has 0 radical (unpaired) electrons. The van der Waals surface area contributed by atoms with Gasteiger partial charge in [-0.25, -0.2) is 4.57 Å². The molecule has 0 heterocycles. The van der Waals surface area contributed by atoms with Crippen LogP contribution >= 0.6 is 18.2 Å². The molecule has 7 heteroatoms. The van der Waals surface area contributed by atoms with Gasteiger partial charge in [0.25, 0.3) is 0 Å². The second kappa shape index (κ2) is 8.16. The molecule has 0 unspecified atom stereocenters. The molecule has 0 atom stereocenters. The first-order valence-electron chi connectivity index (χ1n) is 4.88. The van der Waals surface area contributed by atoms with Crippen molar-refractivity contribution in [1.82, 2.24) is 5.32 Å². The number of hydrogen-bond donors (Lipinski definition) is 1. The summed E-state index contributed by atoms with van der Waals surface area (Å²) in [4.78, 5) is 11.1. The summed E-state index contributed by atoms with van der Waals surface area (Å²) in [7, 11) is 0. The van der Waals surface area contributed by atoms with Gasteiger partial charge in [0.05, 0.1) is 19.0 Å². The van der Waals surface area contributed by atoms with Crippen molar-refractivity contribution in [1.29, 1.82) is 0 Å². The number of rotatable bonds is 8. The average molecular weight is 255 g/mol. The number of amides is 1. The summed E-state index contributed by atoms with van der Waals surface area (Å²) in [5.41, 5.74) is 0. The first-order valence-corrected chi connectivity index (χ1v) is 8.01. The van der Waals surface area contributed by atoms with Crippen molar-refractivity contribution < 1.29 is 18.4 Å². The van der Waals surface area contributed by atoms with Crippen LogP contribution in [0.5, 0.6) is 0 Å². The van der Waals surface area contributed by atoms with Gasteiger partial charge in [-0.2, -0.15) is 0 Å². The van der Waals surface area contributed by atoms with Gasteiger partial charge in [-0.05, 0) is 32.2 Å². The summed E-state index contributed by atoms with van der Waals surface area (Å²) in [6.07, 6.45) is 0. The van der Waals surface area contributed by atoms with E-state index in [0.717, 1.165) is 11.4 Å². The van der Waals surface area contributed by atoms with Gasteiger partial charge in [-0.15, -0.1) is 0 Å². The zero-order valence-electron chi connectivity index (χ0n) is 9.32. The van der Waals surface area contributed by atoms with Crippen LogP contribution in [0.4, 0.5) is 0 Å². The van der Waals surface area contributed by atoms with Crippen LogP contribution in [0.15, 0.2) is 0 Å². The van der Waals surface area contributed by atoms with E-state index in [1.807, 2.05) is 6.92 Å². The Morgan fingerprint density at radius 2 is 1.80 bits per heavy atom. The van der Waals surface area contributed by atoms with Crippen molar-refractivity contribution in [3.05, 3.63) is 0 Å². The van der Waals surface area contributed by atoms with Crippen LogP contribution in [0.3, 0.4) is 0 Å². The molecule has 0 aromatic rings. The predicted octanol–water partition coefficient (Wildman–Crippen LogP) is 2.04. The molecule has 0 aliphatic rings.